The van der Waals surface area contributed by atoms with Gasteiger partial charge in [-0.2, -0.15) is 0 Å². The van der Waals surface area contributed by atoms with Crippen molar-refractivity contribution >= 4 is 18.3 Å². The minimum absolute atomic E-state index is 0. The van der Waals surface area contributed by atoms with E-state index in [0.717, 1.165) is 5.56 Å². The Morgan fingerprint density at radius 1 is 1.06 bits per heavy atom. The first-order valence-corrected chi connectivity index (χ1v) is 4.87. The Bertz CT molecular complexity index is 526. The molecule has 17 heavy (non-hydrogen) atoms. The third-order valence-corrected chi connectivity index (χ3v) is 2.37. The second kappa shape index (κ2) is 5.37. The highest BCUT2D eigenvalue weighted by Gasteiger charge is 2.07. The van der Waals surface area contributed by atoms with Gasteiger partial charge in [0.2, 0.25) is 5.91 Å². The summed E-state index contributed by atoms with van der Waals surface area (Å²) in [6.45, 7) is 0. The summed E-state index contributed by atoms with van der Waals surface area (Å²) in [5.74, 6) is -0.489. The summed E-state index contributed by atoms with van der Waals surface area (Å²) in [6.07, 6.45) is 0. The Morgan fingerprint density at radius 2 is 1.71 bits per heavy atom. The number of carbonyl (C=O) groups excluding carboxylic acids is 1. The largest absolute Gasteiger partial charge is 0.507 e. The van der Waals surface area contributed by atoms with Gasteiger partial charge in [-0.05, 0) is 23.8 Å². The highest BCUT2D eigenvalue weighted by molar-refractivity contribution is 5.94. The monoisotopic (exact) mass is 249 g/mol. The van der Waals surface area contributed by atoms with E-state index in [9.17, 15) is 9.90 Å². The summed E-state index contributed by atoms with van der Waals surface area (Å²) < 4.78 is 0. The van der Waals surface area contributed by atoms with Crippen LogP contribution in [-0.4, -0.2) is 11.0 Å². The normalized spacial score (nSPS) is 9.41. The summed E-state index contributed by atoms with van der Waals surface area (Å²) in [6, 6.07) is 14.1. The number of phenolic OH excluding ortho intramolecular Hbond substituents is 1. The fraction of sp³-hybridized carbons (Fsp3) is 0. The van der Waals surface area contributed by atoms with Gasteiger partial charge in [-0.15, -0.1) is 12.4 Å². The zero-order chi connectivity index (χ0) is 11.5. The minimum Gasteiger partial charge on any atom is -0.507 e. The number of carbonyl (C=O) groups is 1. The summed E-state index contributed by atoms with van der Waals surface area (Å²) in [7, 11) is 0. The van der Waals surface area contributed by atoms with Crippen molar-refractivity contribution < 1.29 is 9.90 Å². The number of benzene rings is 2. The van der Waals surface area contributed by atoms with Crippen molar-refractivity contribution in [3.63, 3.8) is 0 Å². The maximum atomic E-state index is 10.9. The van der Waals surface area contributed by atoms with Gasteiger partial charge < -0.3 is 10.8 Å². The molecule has 0 aromatic heterocycles. The molecule has 0 bridgehead atoms. The van der Waals surface area contributed by atoms with Crippen LogP contribution in [0.25, 0.3) is 11.1 Å². The molecule has 2 aromatic carbocycles. The van der Waals surface area contributed by atoms with Crippen LogP contribution < -0.4 is 5.73 Å². The van der Waals surface area contributed by atoms with Crippen LogP contribution in [0.1, 0.15) is 10.4 Å². The second-order valence-electron chi connectivity index (χ2n) is 3.46. The molecule has 0 spiro atoms. The number of halogens is 1. The van der Waals surface area contributed by atoms with E-state index in [2.05, 4.69) is 0 Å². The van der Waals surface area contributed by atoms with Crippen LogP contribution in [0, 0.1) is 0 Å². The quantitative estimate of drug-likeness (QED) is 0.859. The zero-order valence-corrected chi connectivity index (χ0v) is 9.78. The fourth-order valence-electron chi connectivity index (χ4n) is 1.55. The molecule has 1 amide bonds. The number of aromatic hydroxyl groups is 1. The van der Waals surface area contributed by atoms with Crippen molar-refractivity contribution in [1.82, 2.24) is 0 Å². The van der Waals surface area contributed by atoms with Crippen LogP contribution in [0.3, 0.4) is 0 Å². The maximum Gasteiger partial charge on any atom is 0.248 e. The lowest BCUT2D eigenvalue weighted by Crippen LogP contribution is -2.10. The van der Waals surface area contributed by atoms with E-state index in [0.29, 0.717) is 11.1 Å². The van der Waals surface area contributed by atoms with E-state index >= 15 is 0 Å². The number of nitrogens with two attached hydrogens (primary N) is 1. The van der Waals surface area contributed by atoms with Gasteiger partial charge in [-0.25, -0.2) is 0 Å². The highest BCUT2D eigenvalue weighted by atomic mass is 35.5. The van der Waals surface area contributed by atoms with Gasteiger partial charge in [0.1, 0.15) is 5.75 Å². The van der Waals surface area contributed by atoms with Crippen molar-refractivity contribution in [1.29, 1.82) is 0 Å². The Morgan fingerprint density at radius 3 is 2.24 bits per heavy atom. The molecular formula is C13H12ClNO2. The molecule has 0 aliphatic carbocycles. The number of rotatable bonds is 2. The lowest BCUT2D eigenvalue weighted by atomic mass is 10.0. The van der Waals surface area contributed by atoms with Gasteiger partial charge in [0.25, 0.3) is 0 Å². The predicted molar refractivity (Wildman–Crippen MR) is 69.3 cm³/mol. The molecule has 0 aliphatic rings. The highest BCUT2D eigenvalue weighted by Crippen LogP contribution is 2.29. The molecule has 0 heterocycles. The van der Waals surface area contributed by atoms with Gasteiger partial charge in [0, 0.05) is 11.1 Å². The SMILES string of the molecule is Cl.NC(=O)c1ccc(-c2ccccc2)c(O)c1. The van der Waals surface area contributed by atoms with Crippen LogP contribution in [0.2, 0.25) is 0 Å². The topological polar surface area (TPSA) is 63.3 Å². The van der Waals surface area contributed by atoms with Crippen LogP contribution in [0.4, 0.5) is 0 Å². The molecule has 88 valence electrons. The smallest absolute Gasteiger partial charge is 0.248 e. The van der Waals surface area contributed by atoms with Gasteiger partial charge in [0.15, 0.2) is 0 Å². The van der Waals surface area contributed by atoms with Crippen molar-refractivity contribution in [2.75, 3.05) is 0 Å². The summed E-state index contributed by atoms with van der Waals surface area (Å²) in [5.41, 5.74) is 7.01. The number of phenols is 1. The van der Waals surface area contributed by atoms with Gasteiger partial charge >= 0.3 is 0 Å². The number of amides is 1. The lowest BCUT2D eigenvalue weighted by Gasteiger charge is -2.05. The first-order valence-electron chi connectivity index (χ1n) is 4.87. The third-order valence-electron chi connectivity index (χ3n) is 2.37. The molecule has 0 saturated heterocycles. The summed E-state index contributed by atoms with van der Waals surface area (Å²) in [4.78, 5) is 10.9. The Hall–Kier alpha value is -2.00. The van der Waals surface area contributed by atoms with E-state index < -0.39 is 5.91 Å². The molecule has 0 saturated carbocycles. The van der Waals surface area contributed by atoms with Crippen LogP contribution in [-0.2, 0) is 0 Å². The lowest BCUT2D eigenvalue weighted by molar-refractivity contribution is 0.1000. The van der Waals surface area contributed by atoms with Crippen LogP contribution in [0.5, 0.6) is 5.75 Å². The van der Waals surface area contributed by atoms with E-state index in [1.807, 2.05) is 30.3 Å². The molecular weight excluding hydrogens is 238 g/mol. The molecule has 0 aliphatic heterocycles. The Labute approximate surface area is 105 Å². The molecule has 4 heteroatoms. The first-order chi connectivity index (χ1) is 7.68. The maximum absolute atomic E-state index is 10.9. The predicted octanol–water partition coefficient (Wildman–Crippen LogP) is 2.58. The summed E-state index contributed by atoms with van der Waals surface area (Å²) >= 11 is 0. The fourth-order valence-corrected chi connectivity index (χ4v) is 1.55. The number of hydrogen-bond donors (Lipinski definition) is 2. The Kier molecular flexibility index (Phi) is 4.12. The number of hydrogen-bond acceptors (Lipinski definition) is 2. The molecule has 0 radical (unpaired) electrons. The van der Waals surface area contributed by atoms with Gasteiger partial charge in [-0.1, -0.05) is 30.3 Å². The average Bonchev–Trinajstić information content (AvgIpc) is 2.30. The third kappa shape index (κ3) is 2.77. The van der Waals surface area contributed by atoms with Gasteiger partial charge in [0.05, 0.1) is 0 Å². The number of primary amides is 1. The van der Waals surface area contributed by atoms with Crippen molar-refractivity contribution in [2.24, 2.45) is 5.73 Å². The molecule has 0 atom stereocenters. The van der Waals surface area contributed by atoms with E-state index in [1.165, 1.54) is 6.07 Å². The minimum atomic E-state index is -0.546. The molecule has 0 fully saturated rings. The van der Waals surface area contributed by atoms with Crippen molar-refractivity contribution in [2.45, 2.75) is 0 Å². The first kappa shape index (κ1) is 13.1. The van der Waals surface area contributed by atoms with Crippen LogP contribution in [0.15, 0.2) is 48.5 Å². The molecule has 3 nitrogen and oxygen atoms in total. The van der Waals surface area contributed by atoms with Crippen LogP contribution >= 0.6 is 12.4 Å². The molecule has 0 unspecified atom stereocenters. The van der Waals surface area contributed by atoms with E-state index in [1.54, 1.807) is 12.1 Å². The Balaban J connectivity index is 0.00000144. The van der Waals surface area contributed by atoms with E-state index in [4.69, 9.17) is 5.73 Å². The zero-order valence-electron chi connectivity index (χ0n) is 8.96. The summed E-state index contributed by atoms with van der Waals surface area (Å²) in [5, 5.41) is 9.79. The van der Waals surface area contributed by atoms with Crippen molar-refractivity contribution in [3.8, 4) is 16.9 Å². The second-order valence-corrected chi connectivity index (χ2v) is 3.46. The molecule has 2 aromatic rings. The van der Waals surface area contributed by atoms with Crippen molar-refractivity contribution in [3.05, 3.63) is 54.1 Å². The molecule has 2 rings (SSSR count). The molecule has 3 N–H and O–H groups in total. The average molecular weight is 250 g/mol. The van der Waals surface area contributed by atoms with Gasteiger partial charge in [-0.3, -0.25) is 4.79 Å². The standard InChI is InChI=1S/C13H11NO2.ClH/c14-13(16)10-6-7-11(12(15)8-10)9-4-2-1-3-5-9;/h1-8,15H,(H2,14,16);1H. The van der Waals surface area contributed by atoms with E-state index in [-0.39, 0.29) is 18.2 Å².